The van der Waals surface area contributed by atoms with Gasteiger partial charge in [0.05, 0.1) is 24.5 Å². The van der Waals surface area contributed by atoms with E-state index in [-0.39, 0.29) is 17.8 Å². The number of hydrogen-bond acceptors (Lipinski definition) is 5. The molecule has 2 heterocycles. The molecule has 1 aromatic rings. The lowest BCUT2D eigenvalue weighted by Gasteiger charge is -2.30. The van der Waals surface area contributed by atoms with Crippen molar-refractivity contribution in [3.8, 4) is 0 Å². The summed E-state index contributed by atoms with van der Waals surface area (Å²) in [6.07, 6.45) is 1.37. The van der Waals surface area contributed by atoms with Crippen molar-refractivity contribution in [3.05, 3.63) is 11.4 Å². The molecule has 1 aliphatic rings. The zero-order valence-corrected chi connectivity index (χ0v) is 16.7. The Labute approximate surface area is 154 Å². The molecule has 7 heteroatoms. The number of ether oxygens (including phenoxy) is 1. The fourth-order valence-electron chi connectivity index (χ4n) is 3.06. The zero-order valence-electron chi connectivity index (χ0n) is 15.9. The second-order valence-corrected chi connectivity index (χ2v) is 7.98. The number of likely N-dealkylation sites (tertiary alicyclic amines) is 1. The molecule has 1 fully saturated rings. The van der Waals surface area contributed by atoms with Gasteiger partial charge in [-0.2, -0.15) is 0 Å². The van der Waals surface area contributed by atoms with E-state index in [1.165, 1.54) is 24.6 Å². The first-order valence-electron chi connectivity index (χ1n) is 8.85. The number of imidazole rings is 1. The molecule has 1 amide bonds. The Morgan fingerprint density at radius 1 is 1.28 bits per heavy atom. The fraction of sp³-hybridized carbons (Fsp3) is 0.722. The van der Waals surface area contributed by atoms with Gasteiger partial charge in [-0.25, -0.2) is 4.98 Å². The number of carbonyl (C=O) groups excluding carboxylic acids is 2. The van der Waals surface area contributed by atoms with E-state index in [2.05, 4.69) is 30.3 Å². The summed E-state index contributed by atoms with van der Waals surface area (Å²) in [5, 5.41) is 0.918. The smallest absolute Gasteiger partial charge is 0.308 e. The van der Waals surface area contributed by atoms with Crippen LogP contribution in [0.4, 0.5) is 0 Å². The minimum absolute atomic E-state index is 0.0723. The molecule has 1 aliphatic heterocycles. The Hall–Kier alpha value is -1.50. The van der Waals surface area contributed by atoms with Crippen LogP contribution in [0.2, 0.25) is 0 Å². The van der Waals surface area contributed by atoms with Crippen LogP contribution in [0, 0.1) is 25.7 Å². The van der Waals surface area contributed by atoms with Gasteiger partial charge in [-0.05, 0) is 32.6 Å². The van der Waals surface area contributed by atoms with E-state index in [4.69, 9.17) is 4.74 Å². The van der Waals surface area contributed by atoms with Crippen molar-refractivity contribution < 1.29 is 14.3 Å². The predicted molar refractivity (Wildman–Crippen MR) is 98.6 cm³/mol. The lowest BCUT2D eigenvalue weighted by atomic mass is 9.97. The molecule has 0 spiro atoms. The van der Waals surface area contributed by atoms with E-state index in [1.54, 1.807) is 0 Å². The van der Waals surface area contributed by atoms with E-state index in [0.29, 0.717) is 37.6 Å². The summed E-state index contributed by atoms with van der Waals surface area (Å²) in [5.41, 5.74) is 2.19. The molecule has 0 radical (unpaired) electrons. The lowest BCUT2D eigenvalue weighted by Crippen LogP contribution is -2.41. The maximum Gasteiger partial charge on any atom is 0.308 e. The minimum atomic E-state index is -0.164. The van der Waals surface area contributed by atoms with Gasteiger partial charge >= 0.3 is 5.97 Å². The van der Waals surface area contributed by atoms with Crippen LogP contribution in [-0.4, -0.2) is 52.3 Å². The topological polar surface area (TPSA) is 64.4 Å². The summed E-state index contributed by atoms with van der Waals surface area (Å²) in [7, 11) is 1.42. The van der Waals surface area contributed by atoms with Crippen LogP contribution >= 0.6 is 11.8 Å². The van der Waals surface area contributed by atoms with Crippen LogP contribution in [0.25, 0.3) is 0 Å². The van der Waals surface area contributed by atoms with Gasteiger partial charge in [-0.15, -0.1) is 0 Å². The van der Waals surface area contributed by atoms with Crippen molar-refractivity contribution in [2.75, 3.05) is 26.0 Å². The quantitative estimate of drug-likeness (QED) is 0.571. The molecule has 0 atom stereocenters. The predicted octanol–water partition coefficient (Wildman–Crippen LogP) is 2.66. The highest BCUT2D eigenvalue weighted by atomic mass is 32.2. The highest BCUT2D eigenvalue weighted by Gasteiger charge is 2.28. The first kappa shape index (κ1) is 19.8. The molecule has 0 N–H and O–H groups in total. The number of esters is 1. The fourth-order valence-corrected chi connectivity index (χ4v) is 4.07. The highest BCUT2D eigenvalue weighted by Crippen LogP contribution is 2.24. The number of piperidine rings is 1. The molecule has 6 nitrogen and oxygen atoms in total. The third-order valence-electron chi connectivity index (χ3n) is 4.68. The molecule has 25 heavy (non-hydrogen) atoms. The van der Waals surface area contributed by atoms with E-state index < -0.39 is 0 Å². The highest BCUT2D eigenvalue weighted by molar-refractivity contribution is 7.99. The number of nitrogens with zero attached hydrogens (tertiary/aromatic N) is 3. The van der Waals surface area contributed by atoms with Crippen molar-refractivity contribution in [3.63, 3.8) is 0 Å². The summed E-state index contributed by atoms with van der Waals surface area (Å²) >= 11 is 1.51. The largest absolute Gasteiger partial charge is 0.469 e. The van der Waals surface area contributed by atoms with Crippen molar-refractivity contribution in [2.45, 2.75) is 52.2 Å². The third kappa shape index (κ3) is 5.00. The average Bonchev–Trinajstić information content (AvgIpc) is 2.86. The van der Waals surface area contributed by atoms with Crippen molar-refractivity contribution in [1.82, 2.24) is 14.5 Å². The first-order chi connectivity index (χ1) is 11.8. The van der Waals surface area contributed by atoms with Gasteiger partial charge in [-0.1, -0.05) is 25.6 Å². The summed E-state index contributed by atoms with van der Waals surface area (Å²) in [6, 6.07) is 0. The standard InChI is InChI=1S/C18H29N3O3S/c1-12(2)10-21-14(4)13(3)19-18(21)25-11-16(22)20-8-6-15(7-9-20)17(23)24-5/h12,15H,6-11H2,1-5H3. The SMILES string of the molecule is COC(=O)C1CCN(C(=O)CSc2nc(C)c(C)n2CC(C)C)CC1. The van der Waals surface area contributed by atoms with E-state index >= 15 is 0 Å². The number of hydrogen-bond donors (Lipinski definition) is 0. The molecule has 0 aliphatic carbocycles. The lowest BCUT2D eigenvalue weighted by molar-refractivity contribution is -0.148. The van der Waals surface area contributed by atoms with Crippen LogP contribution in [-0.2, 0) is 20.9 Å². The second-order valence-electron chi connectivity index (χ2n) is 7.04. The van der Waals surface area contributed by atoms with Crippen LogP contribution < -0.4 is 0 Å². The third-order valence-corrected chi connectivity index (χ3v) is 5.64. The van der Waals surface area contributed by atoms with Crippen molar-refractivity contribution >= 4 is 23.6 Å². The molecule has 0 unspecified atom stereocenters. The van der Waals surface area contributed by atoms with Gasteiger partial charge in [0.25, 0.3) is 0 Å². The molecular weight excluding hydrogens is 338 g/mol. The Morgan fingerprint density at radius 3 is 2.48 bits per heavy atom. The van der Waals surface area contributed by atoms with Gasteiger partial charge in [0.15, 0.2) is 5.16 Å². The molecule has 140 valence electrons. The first-order valence-corrected chi connectivity index (χ1v) is 9.84. The van der Waals surface area contributed by atoms with Gasteiger partial charge in [0, 0.05) is 25.3 Å². The number of aromatic nitrogens is 2. The number of aryl methyl sites for hydroxylation is 1. The second kappa shape index (κ2) is 8.74. The van der Waals surface area contributed by atoms with Crippen LogP contribution in [0.5, 0.6) is 0 Å². The van der Waals surface area contributed by atoms with Crippen LogP contribution in [0.1, 0.15) is 38.1 Å². The average molecular weight is 368 g/mol. The Balaban J connectivity index is 1.91. The monoisotopic (exact) mass is 367 g/mol. The van der Waals surface area contributed by atoms with Crippen LogP contribution in [0.15, 0.2) is 5.16 Å². The Morgan fingerprint density at radius 2 is 1.92 bits per heavy atom. The summed E-state index contributed by atoms with van der Waals surface area (Å²) in [6.45, 7) is 10.6. The number of carbonyl (C=O) groups is 2. The normalized spacial score (nSPS) is 15.7. The van der Waals surface area contributed by atoms with E-state index in [9.17, 15) is 9.59 Å². The number of thioether (sulfide) groups is 1. The summed E-state index contributed by atoms with van der Waals surface area (Å²) in [4.78, 5) is 30.5. The molecule has 0 aromatic carbocycles. The van der Waals surface area contributed by atoms with Crippen molar-refractivity contribution in [1.29, 1.82) is 0 Å². The molecule has 1 saturated heterocycles. The van der Waals surface area contributed by atoms with E-state index in [1.807, 2.05) is 11.8 Å². The van der Waals surface area contributed by atoms with Gasteiger partial charge < -0.3 is 14.2 Å². The molecular formula is C18H29N3O3S. The number of amides is 1. The summed E-state index contributed by atoms with van der Waals surface area (Å²) in [5.74, 6) is 0.791. The van der Waals surface area contributed by atoms with Crippen LogP contribution in [0.3, 0.4) is 0 Å². The number of methoxy groups -OCH3 is 1. The Kier molecular flexibility index (Phi) is 6.93. The molecule has 1 aromatic heterocycles. The summed E-state index contributed by atoms with van der Waals surface area (Å²) < 4.78 is 7.00. The molecule has 0 bridgehead atoms. The van der Waals surface area contributed by atoms with Crippen molar-refractivity contribution in [2.24, 2.45) is 11.8 Å². The Bertz CT molecular complexity index is 619. The van der Waals surface area contributed by atoms with Gasteiger partial charge in [0.1, 0.15) is 0 Å². The molecule has 2 rings (SSSR count). The maximum atomic E-state index is 12.5. The van der Waals surface area contributed by atoms with Gasteiger partial charge in [-0.3, -0.25) is 9.59 Å². The van der Waals surface area contributed by atoms with Gasteiger partial charge in [0.2, 0.25) is 5.91 Å². The van der Waals surface area contributed by atoms with E-state index in [0.717, 1.165) is 17.4 Å². The molecule has 0 saturated carbocycles. The number of rotatable bonds is 6. The minimum Gasteiger partial charge on any atom is -0.469 e. The maximum absolute atomic E-state index is 12.5. The zero-order chi connectivity index (χ0) is 18.6.